The Hall–Kier alpha value is -11.2. The summed E-state index contributed by atoms with van der Waals surface area (Å²) in [5.74, 6) is 0. The second-order valence-corrected chi connectivity index (χ2v) is 21.8. The molecule has 0 bridgehead atoms. The summed E-state index contributed by atoms with van der Waals surface area (Å²) in [6.45, 7) is 6.94. The summed E-state index contributed by atoms with van der Waals surface area (Å²) in [6, 6.07) is 55.9. The van der Waals surface area contributed by atoms with Gasteiger partial charge in [0.1, 0.15) is 11.7 Å². The molecule has 0 aliphatic rings. The van der Waals surface area contributed by atoms with Crippen molar-refractivity contribution in [2.45, 2.75) is 6.85 Å². The van der Waals surface area contributed by atoms with E-state index >= 15 is 0 Å². The first-order valence-electron chi connectivity index (χ1n) is 32.9. The molecule has 6 aromatic heterocycles. The predicted octanol–water partition coefficient (Wildman–Crippen LogP) is 20.7. The van der Waals surface area contributed by atoms with Crippen LogP contribution in [0, 0.1) is 24.8 Å². The number of furan rings is 1. The third-order valence-corrected chi connectivity index (χ3v) is 17.7. The van der Waals surface area contributed by atoms with Gasteiger partial charge in [-0.05, 0) is 84.6 Å². The third kappa shape index (κ3) is 6.09. The van der Waals surface area contributed by atoms with Crippen LogP contribution in [-0.2, 0) is 0 Å². The summed E-state index contributed by atoms with van der Waals surface area (Å²) in [6.07, 6.45) is 0. The lowest BCUT2D eigenvalue weighted by atomic mass is 10.0. The van der Waals surface area contributed by atoms with E-state index in [0.717, 1.165) is 65.6 Å². The molecule has 83 heavy (non-hydrogen) atoms. The summed E-state index contributed by atoms with van der Waals surface area (Å²) in [5, 5.41) is 18.6. The van der Waals surface area contributed by atoms with Crippen molar-refractivity contribution in [2.75, 3.05) is 0 Å². The van der Waals surface area contributed by atoms with E-state index in [1.54, 1.807) is 4.57 Å². The second-order valence-electron chi connectivity index (χ2n) is 20.7. The molecule has 18 aromatic rings. The number of nitriles is 1. The van der Waals surface area contributed by atoms with Gasteiger partial charge in [-0.1, -0.05) is 175 Å². The number of benzene rings is 12. The van der Waals surface area contributed by atoms with Crippen LogP contribution in [0.5, 0.6) is 0 Å². The van der Waals surface area contributed by atoms with E-state index in [9.17, 15) is 21.4 Å². The van der Waals surface area contributed by atoms with Gasteiger partial charge in [0.15, 0.2) is 5.58 Å². The first-order valence-corrected chi connectivity index (χ1v) is 27.7. The van der Waals surface area contributed by atoms with Gasteiger partial charge in [-0.25, -0.2) is 4.85 Å². The summed E-state index contributed by atoms with van der Waals surface area (Å²) in [4.78, 5) is 4.71. The quantitative estimate of drug-likeness (QED) is 0.161. The van der Waals surface area contributed by atoms with Crippen LogP contribution >= 0.6 is 11.3 Å². The first kappa shape index (κ1) is 35.5. The fourth-order valence-electron chi connectivity index (χ4n) is 13.3. The number of hydrogen-bond donors (Lipinski definition) is 0. The number of rotatable bonds is 5. The lowest BCUT2D eigenvalue weighted by Gasteiger charge is -2.27. The first-order chi connectivity index (χ1) is 46.0. The number of nitrogens with zero attached hydrogens (tertiary/aromatic N) is 6. The molecule has 0 spiro atoms. The van der Waals surface area contributed by atoms with Gasteiger partial charge in [-0.2, -0.15) is 5.26 Å². The van der Waals surface area contributed by atoms with Crippen molar-refractivity contribution < 1.29 is 20.9 Å². The van der Waals surface area contributed by atoms with Crippen LogP contribution in [0.4, 0.5) is 5.69 Å². The van der Waals surface area contributed by atoms with Crippen LogP contribution < -0.4 is 0 Å². The molecule has 0 aliphatic heterocycles. The minimum Gasteiger partial charge on any atom is -0.454 e. The van der Waals surface area contributed by atoms with Gasteiger partial charge in [0.05, 0.1) is 96.1 Å². The average molecular weight is 1090 g/mol. The van der Waals surface area contributed by atoms with Gasteiger partial charge in [0.2, 0.25) is 5.69 Å². The maximum Gasteiger partial charge on any atom is 0.237 e. The van der Waals surface area contributed by atoms with E-state index in [0.29, 0.717) is 44.3 Å². The topological polar surface area (TPSA) is 61.0 Å². The molecule has 7 nitrogen and oxygen atoms in total. The molecule has 0 aliphatic carbocycles. The number of aromatic nitrogens is 4. The molecule has 0 radical (unpaired) electrons. The van der Waals surface area contributed by atoms with Gasteiger partial charge in [0.25, 0.3) is 0 Å². The SMILES string of the molecule is [2H]c1c([2H])c([2H])c2c(sc3c2c([2H])c([2H])c2c4c([2H])c(C([2H])([2H])[2H])c([2H])c([2H])c4n(-c4c(-n5c6ccccc6c6ccccc65)c(C#N)c(-n5c6ccc(-c7ccccc7)cc6c6ccc7c8ccccc8oc7c65)c([N+]#[C-])c4-n4c5ccccc5c5ccccc54)c32)c1[2H]. The molecule has 6 heterocycles. The van der Waals surface area contributed by atoms with E-state index in [1.165, 1.54) is 0 Å². The number of para-hydroxylation sites is 5. The molecule has 0 unspecified atom stereocenters. The Kier molecular flexibility index (Phi) is 7.23. The highest BCUT2D eigenvalue weighted by Gasteiger charge is 2.36. The molecule has 0 fully saturated rings. The van der Waals surface area contributed by atoms with Gasteiger partial charge >= 0.3 is 0 Å². The van der Waals surface area contributed by atoms with Crippen molar-refractivity contribution in [1.82, 2.24) is 18.3 Å². The van der Waals surface area contributed by atoms with Crippen LogP contribution in [0.1, 0.15) is 27.6 Å². The predicted molar refractivity (Wildman–Crippen MR) is 345 cm³/mol. The summed E-state index contributed by atoms with van der Waals surface area (Å²) < 4.78 is 129. The van der Waals surface area contributed by atoms with E-state index in [2.05, 4.69) is 12.1 Å². The zero-order valence-corrected chi connectivity index (χ0v) is 44.1. The van der Waals surface area contributed by atoms with E-state index < -0.39 is 66.8 Å². The molecule has 18 rings (SSSR count). The van der Waals surface area contributed by atoms with Crippen molar-refractivity contribution in [2.24, 2.45) is 0 Å². The van der Waals surface area contributed by atoms with Crippen LogP contribution in [0.3, 0.4) is 0 Å². The van der Waals surface area contributed by atoms with Gasteiger partial charge in [-0.3, -0.25) is 0 Å². The average Bonchev–Trinajstić information content (AvgIpc) is 1.53. The Morgan fingerprint density at radius 2 is 1.07 bits per heavy atom. The summed E-state index contributed by atoms with van der Waals surface area (Å²) in [7, 11) is 0. The van der Waals surface area contributed by atoms with E-state index in [1.807, 2.05) is 190 Å². The highest BCUT2D eigenvalue weighted by molar-refractivity contribution is 7.26. The Morgan fingerprint density at radius 1 is 0.470 bits per heavy atom. The lowest BCUT2D eigenvalue weighted by Crippen LogP contribution is -2.14. The van der Waals surface area contributed by atoms with E-state index in [4.69, 9.17) is 16.1 Å². The monoisotopic (exact) mass is 1090 g/mol. The summed E-state index contributed by atoms with van der Waals surface area (Å²) in [5.41, 5.74) is 5.40. The molecule has 0 atom stereocenters. The van der Waals surface area contributed by atoms with Gasteiger partial charge in [-0.15, -0.1) is 11.3 Å². The Morgan fingerprint density at radius 3 is 1.76 bits per heavy atom. The number of thiophene rings is 1. The molecule has 0 saturated carbocycles. The highest BCUT2D eigenvalue weighted by atomic mass is 32.1. The van der Waals surface area contributed by atoms with Crippen LogP contribution in [0.2, 0.25) is 0 Å². The number of fused-ring (bicyclic) bond motifs is 20. The lowest BCUT2D eigenvalue weighted by molar-refractivity contribution is 0.671. The summed E-state index contributed by atoms with van der Waals surface area (Å²) >= 11 is 0.901. The zero-order chi connectivity index (χ0) is 65.1. The van der Waals surface area contributed by atoms with Crippen molar-refractivity contribution in [1.29, 1.82) is 5.26 Å². The standard InChI is InChI=1S/C75H42N6OS/c1-43-32-38-63-56(40-43)53-35-37-55-51-25-11-17-31-66(51)83-75(55)71(53)81(63)73-69(78-59-26-12-6-20-46(59)47-21-7-13-27-60(47)78)58(42-76)68(67(77-2)72(73)79-61-28-14-8-22-48(61)49-23-9-15-29-62(49)79)80-64-39-33-45(44-18-4-3-5-19-44)41-57(64)52-34-36-54-50-24-10-16-30-65(50)82-74(54)70(52)80/h3-41H,1H3/i1D3,11D,17D,25D,31D,32D,35D,37D,38D,40D. The normalized spacial score (nSPS) is 14.3. The van der Waals surface area contributed by atoms with Crippen molar-refractivity contribution in [3.8, 4) is 39.9 Å². The van der Waals surface area contributed by atoms with Crippen molar-refractivity contribution in [3.63, 3.8) is 0 Å². The molecular weight excluding hydrogens is 1030 g/mol. The Labute approximate surface area is 494 Å². The van der Waals surface area contributed by atoms with Crippen molar-refractivity contribution >= 4 is 146 Å². The molecule has 8 heteroatoms. The van der Waals surface area contributed by atoms with Crippen LogP contribution in [-0.4, -0.2) is 18.3 Å². The fourth-order valence-corrected chi connectivity index (χ4v) is 14.4. The maximum absolute atomic E-state index is 13.1. The minimum atomic E-state index is -3.17. The molecule has 0 amide bonds. The highest BCUT2D eigenvalue weighted by Crippen LogP contribution is 2.54. The molecule has 12 aromatic carbocycles. The largest absolute Gasteiger partial charge is 0.454 e. The third-order valence-electron chi connectivity index (χ3n) is 16.6. The Balaban J connectivity index is 1.20. The van der Waals surface area contributed by atoms with Crippen LogP contribution in [0.25, 0.3) is 168 Å². The molecular formula is C75H42N6OS. The van der Waals surface area contributed by atoms with E-state index in [-0.39, 0.29) is 76.0 Å². The molecule has 0 saturated heterocycles. The fraction of sp³-hybridized carbons (Fsp3) is 0.0133. The van der Waals surface area contributed by atoms with Crippen molar-refractivity contribution in [3.05, 3.63) is 259 Å². The van der Waals surface area contributed by atoms with Gasteiger partial charge < -0.3 is 22.7 Å². The molecule has 384 valence electrons. The minimum absolute atomic E-state index is 0.000275. The number of hydrogen-bond acceptors (Lipinski definition) is 3. The molecule has 0 N–H and O–H groups in total. The Bertz CT molecular complexity index is 6410. The van der Waals surface area contributed by atoms with Gasteiger partial charge in [0, 0.05) is 73.4 Å². The second kappa shape index (κ2) is 16.9. The smallest absolute Gasteiger partial charge is 0.237 e. The van der Waals surface area contributed by atoms with Crippen LogP contribution in [0.15, 0.2) is 241 Å². The zero-order valence-electron chi connectivity index (χ0n) is 55.3. The maximum atomic E-state index is 13.1.